The molecule has 1 aliphatic heterocycles. The summed E-state index contributed by atoms with van der Waals surface area (Å²) < 4.78 is 36.6. The first-order chi connectivity index (χ1) is 8.29. The van der Waals surface area contributed by atoms with Crippen molar-refractivity contribution in [1.29, 1.82) is 0 Å². The minimum Gasteiger partial charge on any atom is -0.353 e. The van der Waals surface area contributed by atoms with Gasteiger partial charge in [-0.1, -0.05) is 6.92 Å². The third kappa shape index (κ3) is 4.15. The maximum Gasteiger partial charge on any atom is 0.391 e. The molecule has 0 bridgehead atoms. The second-order valence-corrected chi connectivity index (χ2v) is 5.11. The molecule has 1 rings (SSSR count). The average molecular weight is 266 g/mol. The third-order valence-electron chi connectivity index (χ3n) is 3.55. The highest BCUT2D eigenvalue weighted by atomic mass is 19.4. The molecule has 18 heavy (non-hydrogen) atoms. The van der Waals surface area contributed by atoms with Gasteiger partial charge in [-0.15, -0.1) is 0 Å². The van der Waals surface area contributed by atoms with Gasteiger partial charge in [0.2, 0.25) is 5.91 Å². The van der Waals surface area contributed by atoms with Crippen molar-refractivity contribution in [3.05, 3.63) is 0 Å². The van der Waals surface area contributed by atoms with E-state index in [4.69, 9.17) is 0 Å². The van der Waals surface area contributed by atoms with E-state index in [1.54, 1.807) is 0 Å². The lowest BCUT2D eigenvalue weighted by Gasteiger charge is -2.36. The fraction of sp³-hybridized carbons (Fsp3) is 0.917. The Morgan fingerprint density at radius 1 is 1.50 bits per heavy atom. The topological polar surface area (TPSA) is 41.1 Å². The molecule has 0 aliphatic carbocycles. The van der Waals surface area contributed by atoms with E-state index in [2.05, 4.69) is 10.6 Å². The Morgan fingerprint density at radius 3 is 2.61 bits per heavy atom. The van der Waals surface area contributed by atoms with Crippen molar-refractivity contribution in [3.63, 3.8) is 0 Å². The lowest BCUT2D eigenvalue weighted by molar-refractivity contribution is -0.144. The first-order valence-corrected chi connectivity index (χ1v) is 6.37. The molecule has 1 heterocycles. The van der Waals surface area contributed by atoms with E-state index in [-0.39, 0.29) is 5.91 Å². The van der Waals surface area contributed by atoms with Gasteiger partial charge in [-0.05, 0) is 32.7 Å². The predicted molar refractivity (Wildman–Crippen MR) is 63.1 cm³/mol. The Kier molecular flexibility index (Phi) is 5.01. The van der Waals surface area contributed by atoms with Crippen LogP contribution in [0.3, 0.4) is 0 Å². The average Bonchev–Trinajstić information content (AvgIpc) is 2.27. The Bertz CT molecular complexity index is 286. The SMILES string of the molecule is CCC1(C(=O)NC(C)CC(F)(F)F)CCCNC1. The van der Waals surface area contributed by atoms with Crippen LogP contribution in [-0.4, -0.2) is 31.2 Å². The number of nitrogens with one attached hydrogen (secondary N) is 2. The van der Waals surface area contributed by atoms with Crippen LogP contribution < -0.4 is 10.6 Å². The first kappa shape index (κ1) is 15.3. The van der Waals surface area contributed by atoms with Crippen molar-refractivity contribution in [2.75, 3.05) is 13.1 Å². The Hall–Kier alpha value is -0.780. The number of amides is 1. The molecular formula is C12H21F3N2O. The maximum atomic E-state index is 12.2. The summed E-state index contributed by atoms with van der Waals surface area (Å²) in [7, 11) is 0. The van der Waals surface area contributed by atoms with E-state index in [9.17, 15) is 18.0 Å². The fourth-order valence-electron chi connectivity index (χ4n) is 2.40. The van der Waals surface area contributed by atoms with Crippen LogP contribution in [0.5, 0.6) is 0 Å². The van der Waals surface area contributed by atoms with Crippen molar-refractivity contribution in [2.45, 2.75) is 51.7 Å². The van der Waals surface area contributed by atoms with Crippen LogP contribution in [-0.2, 0) is 4.79 Å². The van der Waals surface area contributed by atoms with Crippen LogP contribution in [0.4, 0.5) is 13.2 Å². The van der Waals surface area contributed by atoms with Crippen LogP contribution in [0.2, 0.25) is 0 Å². The number of piperidine rings is 1. The zero-order valence-corrected chi connectivity index (χ0v) is 10.9. The molecular weight excluding hydrogens is 245 g/mol. The van der Waals surface area contributed by atoms with E-state index in [0.29, 0.717) is 13.0 Å². The summed E-state index contributed by atoms with van der Waals surface area (Å²) in [6.45, 7) is 4.72. The lowest BCUT2D eigenvalue weighted by atomic mass is 9.77. The van der Waals surface area contributed by atoms with Crippen molar-refractivity contribution < 1.29 is 18.0 Å². The van der Waals surface area contributed by atoms with Crippen LogP contribution in [0.1, 0.15) is 39.5 Å². The van der Waals surface area contributed by atoms with Crippen molar-refractivity contribution >= 4 is 5.91 Å². The second kappa shape index (κ2) is 5.91. The highest BCUT2D eigenvalue weighted by Crippen LogP contribution is 2.31. The van der Waals surface area contributed by atoms with E-state index in [1.165, 1.54) is 6.92 Å². The number of alkyl halides is 3. The fourth-order valence-corrected chi connectivity index (χ4v) is 2.40. The van der Waals surface area contributed by atoms with Gasteiger partial charge in [0.05, 0.1) is 11.8 Å². The molecule has 2 N–H and O–H groups in total. The first-order valence-electron chi connectivity index (χ1n) is 6.37. The third-order valence-corrected chi connectivity index (χ3v) is 3.55. The van der Waals surface area contributed by atoms with E-state index >= 15 is 0 Å². The summed E-state index contributed by atoms with van der Waals surface area (Å²) in [5.74, 6) is -0.256. The number of carbonyl (C=O) groups excluding carboxylic acids is 1. The summed E-state index contributed by atoms with van der Waals surface area (Å²) in [6.07, 6.45) is -2.95. The normalized spacial score (nSPS) is 26.7. The van der Waals surface area contributed by atoms with Gasteiger partial charge in [-0.25, -0.2) is 0 Å². The summed E-state index contributed by atoms with van der Waals surface area (Å²) in [4.78, 5) is 12.1. The van der Waals surface area contributed by atoms with Gasteiger partial charge in [0, 0.05) is 12.6 Å². The molecule has 0 spiro atoms. The van der Waals surface area contributed by atoms with Gasteiger partial charge in [0.1, 0.15) is 0 Å². The highest BCUT2D eigenvalue weighted by Gasteiger charge is 2.39. The van der Waals surface area contributed by atoms with Crippen LogP contribution in [0.15, 0.2) is 0 Å². The van der Waals surface area contributed by atoms with Gasteiger partial charge in [-0.2, -0.15) is 13.2 Å². The number of hydrogen-bond acceptors (Lipinski definition) is 2. The lowest BCUT2D eigenvalue weighted by Crippen LogP contribution is -2.52. The molecule has 0 aromatic carbocycles. The van der Waals surface area contributed by atoms with Crippen LogP contribution >= 0.6 is 0 Å². The Balaban J connectivity index is 2.57. The molecule has 0 saturated carbocycles. The van der Waals surface area contributed by atoms with Crippen LogP contribution in [0.25, 0.3) is 0 Å². The van der Waals surface area contributed by atoms with Crippen molar-refractivity contribution in [2.24, 2.45) is 5.41 Å². The molecule has 1 amide bonds. The summed E-state index contributed by atoms with van der Waals surface area (Å²) >= 11 is 0. The highest BCUT2D eigenvalue weighted by molar-refractivity contribution is 5.83. The second-order valence-electron chi connectivity index (χ2n) is 5.11. The maximum absolute atomic E-state index is 12.2. The molecule has 2 atom stereocenters. The summed E-state index contributed by atoms with van der Waals surface area (Å²) in [6, 6.07) is -0.872. The minimum absolute atomic E-state index is 0.256. The zero-order chi connectivity index (χ0) is 13.8. The quantitative estimate of drug-likeness (QED) is 0.819. The van der Waals surface area contributed by atoms with E-state index < -0.39 is 24.1 Å². The van der Waals surface area contributed by atoms with Crippen LogP contribution in [0, 0.1) is 5.41 Å². The molecule has 1 saturated heterocycles. The molecule has 0 radical (unpaired) electrons. The standard InChI is InChI=1S/C12H21F3N2O/c1-3-11(5-4-6-16-8-11)10(18)17-9(2)7-12(13,14)15/h9,16H,3-8H2,1-2H3,(H,17,18). The van der Waals surface area contributed by atoms with Gasteiger partial charge in [0.15, 0.2) is 0 Å². The Labute approximate surface area is 106 Å². The minimum atomic E-state index is -4.24. The summed E-state index contributed by atoms with van der Waals surface area (Å²) in [5.41, 5.74) is -0.544. The van der Waals surface area contributed by atoms with Gasteiger partial charge < -0.3 is 10.6 Å². The zero-order valence-electron chi connectivity index (χ0n) is 10.9. The number of halogens is 3. The van der Waals surface area contributed by atoms with Gasteiger partial charge >= 0.3 is 6.18 Å². The summed E-state index contributed by atoms with van der Waals surface area (Å²) in [5, 5.41) is 5.64. The number of hydrogen-bond donors (Lipinski definition) is 2. The molecule has 1 fully saturated rings. The predicted octanol–water partition coefficient (Wildman–Crippen LogP) is 2.22. The smallest absolute Gasteiger partial charge is 0.353 e. The molecule has 2 unspecified atom stereocenters. The van der Waals surface area contributed by atoms with E-state index in [0.717, 1.165) is 19.4 Å². The van der Waals surface area contributed by atoms with E-state index in [1.807, 2.05) is 6.92 Å². The molecule has 3 nitrogen and oxygen atoms in total. The monoisotopic (exact) mass is 266 g/mol. The molecule has 6 heteroatoms. The largest absolute Gasteiger partial charge is 0.391 e. The van der Waals surface area contributed by atoms with Crippen molar-refractivity contribution in [3.8, 4) is 0 Å². The number of rotatable bonds is 4. The molecule has 0 aromatic rings. The molecule has 106 valence electrons. The Morgan fingerprint density at radius 2 is 2.17 bits per heavy atom. The van der Waals surface area contributed by atoms with Gasteiger partial charge in [-0.3, -0.25) is 4.79 Å². The molecule has 1 aliphatic rings. The van der Waals surface area contributed by atoms with Crippen molar-refractivity contribution in [1.82, 2.24) is 10.6 Å². The molecule has 0 aromatic heterocycles. The van der Waals surface area contributed by atoms with Gasteiger partial charge in [0.25, 0.3) is 0 Å². The number of carbonyl (C=O) groups is 1.